The van der Waals surface area contributed by atoms with Gasteiger partial charge < -0.3 is 18.9 Å². The fraction of sp³-hybridized carbons (Fsp3) is 0.121. The van der Waals surface area contributed by atoms with E-state index in [0.29, 0.717) is 34.1 Å². The van der Waals surface area contributed by atoms with Gasteiger partial charge in [-0.05, 0) is 56.9 Å². The molecule has 0 spiro atoms. The molecule has 0 amide bonds. The number of carbonyl (C=O) groups is 1. The lowest BCUT2D eigenvalue weighted by Crippen LogP contribution is -2.27. The van der Waals surface area contributed by atoms with Gasteiger partial charge in [-0.15, -0.1) is 0 Å². The number of fused-ring (bicyclic) bond motifs is 6. The summed E-state index contributed by atoms with van der Waals surface area (Å²) in [5, 5.41) is 5.39. The monoisotopic (exact) mass is 502 g/mol. The molecular weight excluding hydrogens is 476 g/mol. The Morgan fingerprint density at radius 2 is 0.763 bits per heavy atom. The number of rotatable bonds is 6. The number of Topliss-reactive ketones (excluding diaryl/α,β-unsaturated/α-hetero) is 1. The molecule has 188 valence electrons. The number of benzene rings is 5. The summed E-state index contributed by atoms with van der Waals surface area (Å²) in [6.07, 6.45) is 0. The highest BCUT2D eigenvalue weighted by Crippen LogP contribution is 2.39. The smallest absolute Gasteiger partial charge is 0.195 e. The van der Waals surface area contributed by atoms with Crippen molar-refractivity contribution in [1.82, 2.24) is 0 Å². The predicted octanol–water partition coefficient (Wildman–Crippen LogP) is 5.01. The Morgan fingerprint density at radius 1 is 0.447 bits per heavy atom. The Kier molecular flexibility index (Phi) is 5.76. The van der Waals surface area contributed by atoms with E-state index in [-0.39, 0.29) is 5.78 Å². The first-order valence-corrected chi connectivity index (χ1v) is 12.3. The molecule has 5 nitrogen and oxygen atoms in total. The van der Waals surface area contributed by atoms with Gasteiger partial charge in [0.1, 0.15) is 0 Å². The topological polar surface area (TPSA) is 54.0 Å². The van der Waals surface area contributed by atoms with Crippen molar-refractivity contribution in [1.29, 1.82) is 0 Å². The third-order valence-electron chi connectivity index (χ3n) is 7.21. The van der Waals surface area contributed by atoms with E-state index in [2.05, 4.69) is 0 Å². The summed E-state index contributed by atoms with van der Waals surface area (Å²) >= 11 is 0. The number of hydrogen-bond donors (Lipinski definition) is 0. The first kappa shape index (κ1) is 23.6. The molecule has 0 saturated carbocycles. The van der Waals surface area contributed by atoms with Crippen LogP contribution in [0.1, 0.15) is 11.1 Å². The summed E-state index contributed by atoms with van der Waals surface area (Å²) in [7, 11) is 6.48. The van der Waals surface area contributed by atoms with Gasteiger partial charge in [0.15, 0.2) is 28.8 Å². The van der Waals surface area contributed by atoms with Crippen LogP contribution in [0.25, 0.3) is 32.7 Å². The highest BCUT2D eigenvalue weighted by Gasteiger charge is 2.30. The summed E-state index contributed by atoms with van der Waals surface area (Å²) in [5.74, 6) is 2.38. The third-order valence-corrected chi connectivity index (χ3v) is 7.21. The molecule has 0 heterocycles. The molecule has 5 aromatic carbocycles. The van der Waals surface area contributed by atoms with Crippen molar-refractivity contribution in [2.75, 3.05) is 28.4 Å². The highest BCUT2D eigenvalue weighted by atomic mass is 16.5. The lowest BCUT2D eigenvalue weighted by atomic mass is 9.94. The summed E-state index contributed by atoms with van der Waals surface area (Å²) in [6.45, 7) is 0. The van der Waals surface area contributed by atoms with Gasteiger partial charge in [0.2, 0.25) is 0 Å². The van der Waals surface area contributed by atoms with Gasteiger partial charge in [-0.2, -0.15) is 0 Å². The van der Waals surface area contributed by atoms with Gasteiger partial charge >= 0.3 is 0 Å². The molecule has 0 unspecified atom stereocenters. The molecule has 1 aliphatic rings. The molecule has 0 aromatic heterocycles. The van der Waals surface area contributed by atoms with E-state index in [9.17, 15) is 4.79 Å². The van der Waals surface area contributed by atoms with Gasteiger partial charge in [0, 0.05) is 21.6 Å². The zero-order valence-electron chi connectivity index (χ0n) is 21.6. The van der Waals surface area contributed by atoms with E-state index in [1.165, 1.54) is 0 Å². The molecule has 5 aromatic rings. The van der Waals surface area contributed by atoms with E-state index in [1.54, 1.807) is 28.4 Å². The second kappa shape index (κ2) is 9.27. The second-order valence-corrected chi connectivity index (χ2v) is 9.07. The van der Waals surface area contributed by atoms with Gasteiger partial charge in [-0.25, -0.2) is 0 Å². The van der Waals surface area contributed by atoms with Crippen LogP contribution in [0.5, 0.6) is 23.0 Å². The van der Waals surface area contributed by atoms with Gasteiger partial charge in [-0.1, -0.05) is 60.7 Å². The molecule has 0 saturated heterocycles. The summed E-state index contributed by atoms with van der Waals surface area (Å²) in [4.78, 5) is 14.4. The van der Waals surface area contributed by atoms with Crippen molar-refractivity contribution < 1.29 is 23.7 Å². The van der Waals surface area contributed by atoms with Crippen LogP contribution < -0.4 is 29.4 Å². The minimum atomic E-state index is -0.0178. The van der Waals surface area contributed by atoms with Crippen LogP contribution in [0.3, 0.4) is 0 Å². The molecule has 0 N–H and O–H groups in total. The Labute approximate surface area is 220 Å². The van der Waals surface area contributed by atoms with Crippen LogP contribution in [-0.2, 0) is 4.79 Å². The average molecular weight is 503 g/mol. The molecule has 0 atom stereocenters. The van der Waals surface area contributed by atoms with E-state index in [1.807, 2.05) is 84.9 Å². The molecule has 0 aliphatic heterocycles. The molecule has 0 bridgehead atoms. The third kappa shape index (κ3) is 3.43. The van der Waals surface area contributed by atoms with Crippen molar-refractivity contribution in [3.05, 3.63) is 106 Å². The number of carbonyl (C=O) groups excluding carboxylic acids is 1. The number of methoxy groups -OCH3 is 4. The lowest BCUT2D eigenvalue weighted by molar-refractivity contribution is -0.108. The van der Waals surface area contributed by atoms with Crippen molar-refractivity contribution in [2.45, 2.75) is 0 Å². The number of hydrogen-bond acceptors (Lipinski definition) is 5. The maximum Gasteiger partial charge on any atom is 0.195 e. The van der Waals surface area contributed by atoms with Gasteiger partial charge in [0.25, 0.3) is 0 Å². The SMILES string of the molecule is COc1cc2c3c(c4cc(OC)c(OC)cc4c2cc1OC)=C(c1ccccc1)C(=O)C=3c1ccccc1. The Bertz CT molecular complexity index is 1720. The van der Waals surface area contributed by atoms with E-state index < -0.39 is 0 Å². The predicted molar refractivity (Wildman–Crippen MR) is 150 cm³/mol. The Hall–Kier alpha value is -4.77. The van der Waals surface area contributed by atoms with E-state index in [0.717, 1.165) is 43.1 Å². The Balaban J connectivity index is 1.98. The molecule has 38 heavy (non-hydrogen) atoms. The van der Waals surface area contributed by atoms with Crippen molar-refractivity contribution >= 4 is 38.5 Å². The van der Waals surface area contributed by atoms with Gasteiger partial charge in [0.05, 0.1) is 28.4 Å². The molecule has 0 fully saturated rings. The first-order valence-electron chi connectivity index (χ1n) is 12.3. The molecule has 0 radical (unpaired) electrons. The standard InChI is InChI=1S/C33H26O5/c1-35-25-15-21-22-16-26(36-2)28(38-4)18-24(22)32-30(20-13-9-6-10-14-20)33(34)29(19-11-7-5-8-12-19)31(32)23(21)17-27(25)37-3/h5-18H,1-4H3. The summed E-state index contributed by atoms with van der Waals surface area (Å²) < 4.78 is 22.8. The van der Waals surface area contributed by atoms with Crippen LogP contribution in [0, 0.1) is 0 Å². The largest absolute Gasteiger partial charge is 0.493 e. The summed E-state index contributed by atoms with van der Waals surface area (Å²) in [6, 6.07) is 27.5. The zero-order chi connectivity index (χ0) is 26.4. The maximum absolute atomic E-state index is 14.4. The van der Waals surface area contributed by atoms with Crippen molar-refractivity contribution in [3.8, 4) is 23.0 Å². The minimum absolute atomic E-state index is 0.0178. The van der Waals surface area contributed by atoms with E-state index in [4.69, 9.17) is 18.9 Å². The fourth-order valence-electron chi connectivity index (χ4n) is 5.52. The molecule has 1 aliphatic carbocycles. The molecule has 5 heteroatoms. The number of ether oxygens (including phenoxy) is 4. The quantitative estimate of drug-likeness (QED) is 0.306. The zero-order valence-corrected chi connectivity index (χ0v) is 21.6. The lowest BCUT2D eigenvalue weighted by Gasteiger charge is -2.15. The van der Waals surface area contributed by atoms with Crippen molar-refractivity contribution in [2.24, 2.45) is 0 Å². The summed E-state index contributed by atoms with van der Waals surface area (Å²) in [5.41, 5.74) is 3.04. The molecule has 6 rings (SSSR count). The fourth-order valence-corrected chi connectivity index (χ4v) is 5.52. The minimum Gasteiger partial charge on any atom is -0.493 e. The molecular formula is C33H26O5. The maximum atomic E-state index is 14.4. The van der Waals surface area contributed by atoms with E-state index >= 15 is 0 Å². The second-order valence-electron chi connectivity index (χ2n) is 9.07. The van der Waals surface area contributed by atoms with Crippen LogP contribution in [-0.4, -0.2) is 34.2 Å². The van der Waals surface area contributed by atoms with Crippen LogP contribution in [0.4, 0.5) is 0 Å². The van der Waals surface area contributed by atoms with Crippen LogP contribution in [0.15, 0.2) is 84.9 Å². The normalized spacial score (nSPS) is 12.7. The van der Waals surface area contributed by atoms with Crippen LogP contribution >= 0.6 is 0 Å². The van der Waals surface area contributed by atoms with Crippen molar-refractivity contribution in [3.63, 3.8) is 0 Å². The van der Waals surface area contributed by atoms with Gasteiger partial charge in [-0.3, -0.25) is 4.79 Å². The highest BCUT2D eigenvalue weighted by molar-refractivity contribution is 6.45. The number of ketones is 1. The van der Waals surface area contributed by atoms with Crippen LogP contribution in [0.2, 0.25) is 0 Å². The Morgan fingerprint density at radius 3 is 1.08 bits per heavy atom. The average Bonchev–Trinajstić information content (AvgIpc) is 3.29. The first-order chi connectivity index (χ1) is 18.6.